The zero-order valence-electron chi connectivity index (χ0n) is 8.11. The van der Waals surface area contributed by atoms with E-state index in [0.29, 0.717) is 17.1 Å². The summed E-state index contributed by atoms with van der Waals surface area (Å²) >= 11 is 6.11. The third-order valence-corrected chi connectivity index (χ3v) is 3.55. The molecule has 1 aliphatic rings. The fourth-order valence-corrected chi connectivity index (χ4v) is 2.20. The summed E-state index contributed by atoms with van der Waals surface area (Å²) in [6, 6.07) is 3.18. The summed E-state index contributed by atoms with van der Waals surface area (Å²) in [4.78, 5) is 0. The van der Waals surface area contributed by atoms with Gasteiger partial charge in [-0.25, -0.2) is 4.39 Å². The van der Waals surface area contributed by atoms with Crippen molar-refractivity contribution in [1.82, 2.24) is 0 Å². The molecule has 0 atom stereocenters. The van der Waals surface area contributed by atoms with Gasteiger partial charge in [0.05, 0.1) is 5.02 Å². The average Bonchev–Trinajstić information content (AvgIpc) is 2.93. The summed E-state index contributed by atoms with van der Waals surface area (Å²) in [5, 5.41) is 0.549. The van der Waals surface area contributed by atoms with E-state index in [1.807, 2.05) is 6.92 Å². The predicted octanol–water partition coefficient (Wildman–Crippen LogP) is 2.78. The summed E-state index contributed by atoms with van der Waals surface area (Å²) in [5.41, 5.74) is 7.04. The SMILES string of the molecule is Cc1ccc(F)c(C2(CN)CC2)c1Cl. The molecule has 14 heavy (non-hydrogen) atoms. The molecule has 3 heteroatoms. The third kappa shape index (κ3) is 1.33. The zero-order valence-corrected chi connectivity index (χ0v) is 8.87. The van der Waals surface area contributed by atoms with Crippen LogP contribution in [0.1, 0.15) is 24.0 Å². The van der Waals surface area contributed by atoms with E-state index in [1.54, 1.807) is 6.07 Å². The topological polar surface area (TPSA) is 26.0 Å². The van der Waals surface area contributed by atoms with Gasteiger partial charge < -0.3 is 5.73 Å². The molecule has 1 aromatic carbocycles. The molecule has 1 fully saturated rings. The second kappa shape index (κ2) is 3.21. The Hall–Kier alpha value is -0.600. The van der Waals surface area contributed by atoms with E-state index in [-0.39, 0.29) is 11.2 Å². The zero-order chi connectivity index (χ0) is 10.3. The Morgan fingerprint density at radius 3 is 2.64 bits per heavy atom. The largest absolute Gasteiger partial charge is 0.330 e. The Labute approximate surface area is 88.1 Å². The van der Waals surface area contributed by atoms with Gasteiger partial charge in [-0.2, -0.15) is 0 Å². The van der Waals surface area contributed by atoms with Crippen LogP contribution in [0, 0.1) is 12.7 Å². The van der Waals surface area contributed by atoms with Crippen LogP contribution in [0.3, 0.4) is 0 Å². The van der Waals surface area contributed by atoms with Gasteiger partial charge in [0.1, 0.15) is 5.82 Å². The van der Waals surface area contributed by atoms with Gasteiger partial charge in [-0.15, -0.1) is 0 Å². The van der Waals surface area contributed by atoms with Gasteiger partial charge >= 0.3 is 0 Å². The highest BCUT2D eigenvalue weighted by atomic mass is 35.5. The van der Waals surface area contributed by atoms with E-state index in [2.05, 4.69) is 0 Å². The molecular formula is C11H13ClFN. The van der Waals surface area contributed by atoms with Crippen molar-refractivity contribution in [3.8, 4) is 0 Å². The molecule has 0 aliphatic heterocycles. The van der Waals surface area contributed by atoms with Crippen molar-refractivity contribution in [2.75, 3.05) is 6.54 Å². The number of aryl methyl sites for hydroxylation is 1. The molecular weight excluding hydrogens is 201 g/mol. The Kier molecular flexibility index (Phi) is 2.28. The fraction of sp³-hybridized carbons (Fsp3) is 0.455. The van der Waals surface area contributed by atoms with Crippen molar-refractivity contribution in [2.24, 2.45) is 5.73 Å². The Balaban J connectivity index is 2.57. The second-order valence-electron chi connectivity index (χ2n) is 4.04. The molecule has 0 heterocycles. The van der Waals surface area contributed by atoms with Crippen molar-refractivity contribution in [1.29, 1.82) is 0 Å². The molecule has 1 saturated carbocycles. The average molecular weight is 214 g/mol. The van der Waals surface area contributed by atoms with E-state index >= 15 is 0 Å². The third-order valence-electron chi connectivity index (χ3n) is 3.06. The molecule has 0 amide bonds. The van der Waals surface area contributed by atoms with Crippen molar-refractivity contribution >= 4 is 11.6 Å². The molecule has 0 bridgehead atoms. The van der Waals surface area contributed by atoms with E-state index in [0.717, 1.165) is 18.4 Å². The van der Waals surface area contributed by atoms with Crippen LogP contribution < -0.4 is 5.73 Å². The first-order valence-corrected chi connectivity index (χ1v) is 5.14. The number of nitrogens with two attached hydrogens (primary N) is 1. The van der Waals surface area contributed by atoms with E-state index in [4.69, 9.17) is 17.3 Å². The van der Waals surface area contributed by atoms with Crippen molar-refractivity contribution < 1.29 is 4.39 Å². The maximum Gasteiger partial charge on any atom is 0.128 e. The lowest BCUT2D eigenvalue weighted by Crippen LogP contribution is -2.21. The van der Waals surface area contributed by atoms with Crippen LogP contribution in [0.25, 0.3) is 0 Å². The summed E-state index contributed by atoms with van der Waals surface area (Å²) in [6.07, 6.45) is 1.90. The van der Waals surface area contributed by atoms with E-state index < -0.39 is 0 Å². The van der Waals surface area contributed by atoms with Crippen molar-refractivity contribution in [2.45, 2.75) is 25.2 Å². The van der Waals surface area contributed by atoms with Gasteiger partial charge in [-0.05, 0) is 31.4 Å². The minimum atomic E-state index is -0.219. The standard InChI is InChI=1S/C11H13ClFN/c1-7-2-3-8(13)9(10(7)12)11(6-14)4-5-11/h2-3H,4-6,14H2,1H3. The molecule has 1 aromatic rings. The molecule has 1 nitrogen and oxygen atoms in total. The number of halogens is 2. The van der Waals surface area contributed by atoms with Gasteiger partial charge in [0, 0.05) is 17.5 Å². The molecule has 1 aliphatic carbocycles. The minimum Gasteiger partial charge on any atom is -0.330 e. The number of hydrogen-bond donors (Lipinski definition) is 1. The number of benzene rings is 1. The predicted molar refractivity (Wildman–Crippen MR) is 56.1 cm³/mol. The van der Waals surface area contributed by atoms with Crippen molar-refractivity contribution in [3.05, 3.63) is 34.1 Å². The van der Waals surface area contributed by atoms with Gasteiger partial charge in [0.2, 0.25) is 0 Å². The lowest BCUT2D eigenvalue weighted by molar-refractivity contribution is 0.572. The molecule has 76 valence electrons. The first kappa shape index (κ1) is 9.94. The van der Waals surface area contributed by atoms with Crippen LogP contribution in [-0.2, 0) is 5.41 Å². The highest BCUT2D eigenvalue weighted by molar-refractivity contribution is 6.32. The van der Waals surface area contributed by atoms with Crippen LogP contribution in [0.15, 0.2) is 12.1 Å². The summed E-state index contributed by atoms with van der Waals surface area (Å²) in [7, 11) is 0. The minimum absolute atomic E-state index is 0.173. The summed E-state index contributed by atoms with van der Waals surface area (Å²) in [6.45, 7) is 2.37. The number of hydrogen-bond acceptors (Lipinski definition) is 1. The van der Waals surface area contributed by atoms with Crippen LogP contribution >= 0.6 is 11.6 Å². The fourth-order valence-electron chi connectivity index (χ4n) is 1.85. The van der Waals surface area contributed by atoms with Crippen LogP contribution in [0.4, 0.5) is 4.39 Å². The highest BCUT2D eigenvalue weighted by Gasteiger charge is 2.46. The summed E-state index contributed by atoms with van der Waals surface area (Å²) in [5.74, 6) is -0.219. The quantitative estimate of drug-likeness (QED) is 0.804. The lowest BCUT2D eigenvalue weighted by atomic mass is 9.94. The summed E-state index contributed by atoms with van der Waals surface area (Å²) < 4.78 is 13.6. The monoisotopic (exact) mass is 213 g/mol. The lowest BCUT2D eigenvalue weighted by Gasteiger charge is -2.16. The Morgan fingerprint density at radius 2 is 2.14 bits per heavy atom. The smallest absolute Gasteiger partial charge is 0.128 e. The van der Waals surface area contributed by atoms with Crippen molar-refractivity contribution in [3.63, 3.8) is 0 Å². The van der Waals surface area contributed by atoms with Gasteiger partial charge in [-0.3, -0.25) is 0 Å². The van der Waals surface area contributed by atoms with E-state index in [1.165, 1.54) is 6.07 Å². The maximum absolute atomic E-state index is 13.6. The Morgan fingerprint density at radius 1 is 1.50 bits per heavy atom. The van der Waals surface area contributed by atoms with Crippen LogP contribution in [0.2, 0.25) is 5.02 Å². The molecule has 0 aromatic heterocycles. The first-order chi connectivity index (χ1) is 6.60. The van der Waals surface area contributed by atoms with Gasteiger partial charge in [0.15, 0.2) is 0 Å². The van der Waals surface area contributed by atoms with Gasteiger partial charge in [0.25, 0.3) is 0 Å². The molecule has 2 N–H and O–H groups in total. The van der Waals surface area contributed by atoms with Crippen LogP contribution in [-0.4, -0.2) is 6.54 Å². The molecule has 0 saturated heterocycles. The molecule has 0 spiro atoms. The number of rotatable bonds is 2. The molecule has 0 radical (unpaired) electrons. The molecule has 0 unspecified atom stereocenters. The second-order valence-corrected chi connectivity index (χ2v) is 4.42. The maximum atomic E-state index is 13.6. The van der Waals surface area contributed by atoms with E-state index in [9.17, 15) is 4.39 Å². The molecule has 2 rings (SSSR count). The highest BCUT2D eigenvalue weighted by Crippen LogP contribution is 2.51. The van der Waals surface area contributed by atoms with Crippen LogP contribution in [0.5, 0.6) is 0 Å². The first-order valence-electron chi connectivity index (χ1n) is 4.76. The Bertz CT molecular complexity index is 372. The van der Waals surface area contributed by atoms with Gasteiger partial charge in [-0.1, -0.05) is 17.7 Å². The normalized spacial score (nSPS) is 18.3.